The van der Waals surface area contributed by atoms with E-state index in [9.17, 15) is 4.79 Å². The third kappa shape index (κ3) is 3.34. The van der Waals surface area contributed by atoms with Crippen molar-refractivity contribution in [1.82, 2.24) is 10.6 Å². The second kappa shape index (κ2) is 4.31. The van der Waals surface area contributed by atoms with E-state index in [2.05, 4.69) is 10.6 Å². The third-order valence-electron chi connectivity index (χ3n) is 1.81. The largest absolute Gasteiger partial charge is 0.480 e. The molecular formula is C7H14N2O2. The van der Waals surface area contributed by atoms with Crippen molar-refractivity contribution in [3.8, 4) is 0 Å². The van der Waals surface area contributed by atoms with Gasteiger partial charge >= 0.3 is 5.97 Å². The molecule has 1 heterocycles. The van der Waals surface area contributed by atoms with Crippen molar-refractivity contribution in [1.29, 1.82) is 0 Å². The van der Waals surface area contributed by atoms with E-state index in [1.807, 2.05) is 0 Å². The molecule has 0 spiro atoms. The van der Waals surface area contributed by atoms with Crippen LogP contribution in [0.4, 0.5) is 0 Å². The first-order chi connectivity index (χ1) is 5.29. The molecule has 1 aliphatic rings. The fourth-order valence-electron chi connectivity index (χ4n) is 1.24. The number of carbonyl (C=O) groups is 1. The second-order valence-electron chi connectivity index (χ2n) is 2.78. The Hall–Kier alpha value is -0.610. The van der Waals surface area contributed by atoms with Crippen LogP contribution in [0, 0.1) is 0 Å². The average Bonchev–Trinajstić information content (AvgIpc) is 2.03. The molecule has 0 aromatic rings. The molecule has 0 bridgehead atoms. The van der Waals surface area contributed by atoms with Crippen LogP contribution in [0.2, 0.25) is 0 Å². The number of piperidine rings is 1. The molecule has 0 radical (unpaired) electrons. The van der Waals surface area contributed by atoms with Crippen LogP contribution >= 0.6 is 0 Å². The van der Waals surface area contributed by atoms with Gasteiger partial charge in [-0.2, -0.15) is 0 Å². The molecule has 64 valence electrons. The summed E-state index contributed by atoms with van der Waals surface area (Å²) >= 11 is 0. The summed E-state index contributed by atoms with van der Waals surface area (Å²) in [5.41, 5.74) is 0. The third-order valence-corrected chi connectivity index (χ3v) is 1.81. The van der Waals surface area contributed by atoms with Gasteiger partial charge < -0.3 is 10.4 Å². The van der Waals surface area contributed by atoms with Crippen molar-refractivity contribution >= 4 is 5.97 Å². The normalized spacial score (nSPS) is 24.9. The number of hydrogen-bond donors (Lipinski definition) is 3. The maximum absolute atomic E-state index is 10.2. The topological polar surface area (TPSA) is 61.4 Å². The van der Waals surface area contributed by atoms with Gasteiger partial charge in [-0.15, -0.1) is 0 Å². The smallest absolute Gasteiger partial charge is 0.317 e. The van der Waals surface area contributed by atoms with E-state index in [0.29, 0.717) is 0 Å². The molecular weight excluding hydrogens is 144 g/mol. The summed E-state index contributed by atoms with van der Waals surface area (Å²) < 4.78 is 0. The highest BCUT2D eigenvalue weighted by Crippen LogP contribution is 2.03. The minimum atomic E-state index is -0.794. The number of carboxylic acids is 1. The van der Waals surface area contributed by atoms with E-state index >= 15 is 0 Å². The lowest BCUT2D eigenvalue weighted by atomic mass is 10.1. The van der Waals surface area contributed by atoms with Gasteiger partial charge in [-0.05, 0) is 25.8 Å². The zero-order valence-electron chi connectivity index (χ0n) is 6.47. The molecule has 3 N–H and O–H groups in total. The molecule has 0 aliphatic carbocycles. The number of nitrogens with one attached hydrogen (secondary N) is 2. The van der Waals surface area contributed by atoms with Crippen LogP contribution in [-0.4, -0.2) is 30.3 Å². The van der Waals surface area contributed by atoms with Gasteiger partial charge in [0.2, 0.25) is 0 Å². The minimum Gasteiger partial charge on any atom is -0.480 e. The Morgan fingerprint density at radius 1 is 1.64 bits per heavy atom. The van der Waals surface area contributed by atoms with Gasteiger partial charge in [0.25, 0.3) is 0 Å². The monoisotopic (exact) mass is 158 g/mol. The summed E-state index contributed by atoms with van der Waals surface area (Å²) in [4.78, 5) is 10.2. The highest BCUT2D eigenvalue weighted by molar-refractivity contribution is 5.69. The van der Waals surface area contributed by atoms with Gasteiger partial charge in [-0.3, -0.25) is 10.1 Å². The summed E-state index contributed by atoms with van der Waals surface area (Å²) in [6, 6.07) is 0. The summed E-state index contributed by atoms with van der Waals surface area (Å²) in [6.45, 7) is 1.05. The lowest BCUT2D eigenvalue weighted by molar-refractivity contribution is -0.136. The Labute approximate surface area is 66.0 Å². The molecule has 11 heavy (non-hydrogen) atoms. The minimum absolute atomic E-state index is 0.0532. The molecule has 1 rings (SSSR count). The van der Waals surface area contributed by atoms with Crippen LogP contribution in [0.25, 0.3) is 0 Å². The van der Waals surface area contributed by atoms with E-state index in [0.717, 1.165) is 13.0 Å². The first-order valence-corrected chi connectivity index (χ1v) is 3.97. The van der Waals surface area contributed by atoms with Crippen LogP contribution in [-0.2, 0) is 4.79 Å². The van der Waals surface area contributed by atoms with Gasteiger partial charge in [0.15, 0.2) is 0 Å². The lowest BCUT2D eigenvalue weighted by Gasteiger charge is -2.23. The average molecular weight is 158 g/mol. The molecule has 0 amide bonds. The maximum Gasteiger partial charge on any atom is 0.317 e. The summed E-state index contributed by atoms with van der Waals surface area (Å²) in [5.74, 6) is -0.794. The van der Waals surface area contributed by atoms with E-state index in [4.69, 9.17) is 5.11 Å². The molecule has 4 heteroatoms. The molecule has 0 aromatic carbocycles. The van der Waals surface area contributed by atoms with Crippen LogP contribution in [0.5, 0.6) is 0 Å². The molecule has 1 atom stereocenters. The van der Waals surface area contributed by atoms with Crippen LogP contribution < -0.4 is 10.6 Å². The fourth-order valence-corrected chi connectivity index (χ4v) is 1.24. The van der Waals surface area contributed by atoms with Crippen LogP contribution in [0.15, 0.2) is 0 Å². The Morgan fingerprint density at radius 3 is 3.00 bits per heavy atom. The van der Waals surface area contributed by atoms with Crippen molar-refractivity contribution < 1.29 is 9.90 Å². The molecule has 4 nitrogen and oxygen atoms in total. The molecule has 0 saturated carbocycles. The van der Waals surface area contributed by atoms with Crippen molar-refractivity contribution in [2.45, 2.75) is 25.4 Å². The summed E-state index contributed by atoms with van der Waals surface area (Å²) in [7, 11) is 0. The summed E-state index contributed by atoms with van der Waals surface area (Å²) in [5, 5.41) is 14.5. The van der Waals surface area contributed by atoms with Crippen molar-refractivity contribution in [2.24, 2.45) is 0 Å². The number of aliphatic carboxylic acids is 1. The zero-order valence-corrected chi connectivity index (χ0v) is 6.47. The maximum atomic E-state index is 10.2. The number of hydrogen-bond acceptors (Lipinski definition) is 3. The van der Waals surface area contributed by atoms with Gasteiger partial charge in [-0.25, -0.2) is 0 Å². The fraction of sp³-hybridized carbons (Fsp3) is 0.857. The van der Waals surface area contributed by atoms with Gasteiger partial charge in [-0.1, -0.05) is 0 Å². The first-order valence-electron chi connectivity index (χ1n) is 3.97. The molecule has 0 unspecified atom stereocenters. The first kappa shape index (κ1) is 8.49. The van der Waals surface area contributed by atoms with Gasteiger partial charge in [0.1, 0.15) is 0 Å². The Morgan fingerprint density at radius 2 is 2.45 bits per heavy atom. The molecule has 0 aromatic heterocycles. The second-order valence-corrected chi connectivity index (χ2v) is 2.78. The number of carboxylic acid groups (broad SMARTS) is 1. The van der Waals surface area contributed by atoms with E-state index < -0.39 is 5.97 Å². The van der Waals surface area contributed by atoms with Crippen LogP contribution in [0.3, 0.4) is 0 Å². The SMILES string of the molecule is O=C(O)CN[C@H]1CCCCN1. The quantitative estimate of drug-likeness (QED) is 0.530. The van der Waals surface area contributed by atoms with E-state index in [1.54, 1.807) is 0 Å². The molecule has 1 fully saturated rings. The predicted octanol–water partition coefficient (Wildman–Crippen LogP) is -0.240. The number of rotatable bonds is 3. The highest BCUT2D eigenvalue weighted by atomic mass is 16.4. The van der Waals surface area contributed by atoms with Crippen molar-refractivity contribution in [2.75, 3.05) is 13.1 Å². The van der Waals surface area contributed by atoms with Gasteiger partial charge in [0.05, 0.1) is 12.7 Å². The zero-order chi connectivity index (χ0) is 8.10. The Balaban J connectivity index is 2.09. The standard InChI is InChI=1S/C7H14N2O2/c10-7(11)5-9-6-3-1-2-4-8-6/h6,8-9H,1-5H2,(H,10,11)/t6-/m0/s1. The van der Waals surface area contributed by atoms with Crippen molar-refractivity contribution in [3.05, 3.63) is 0 Å². The van der Waals surface area contributed by atoms with E-state index in [1.165, 1.54) is 12.8 Å². The van der Waals surface area contributed by atoms with Gasteiger partial charge in [0, 0.05) is 0 Å². The lowest BCUT2D eigenvalue weighted by Crippen LogP contribution is -2.46. The van der Waals surface area contributed by atoms with Crippen LogP contribution in [0.1, 0.15) is 19.3 Å². The Bertz CT molecular complexity index is 132. The Kier molecular flexibility index (Phi) is 3.32. The van der Waals surface area contributed by atoms with Crippen molar-refractivity contribution in [3.63, 3.8) is 0 Å². The molecule has 1 aliphatic heterocycles. The highest BCUT2D eigenvalue weighted by Gasteiger charge is 2.11. The summed E-state index contributed by atoms with van der Waals surface area (Å²) in [6.07, 6.45) is 3.63. The van der Waals surface area contributed by atoms with E-state index in [-0.39, 0.29) is 12.7 Å². The molecule has 1 saturated heterocycles. The predicted molar refractivity (Wildman–Crippen MR) is 41.3 cm³/mol.